The van der Waals surface area contributed by atoms with Crippen LogP contribution in [0.3, 0.4) is 0 Å². The molecule has 0 spiro atoms. The van der Waals surface area contributed by atoms with Crippen molar-refractivity contribution in [3.63, 3.8) is 0 Å². The van der Waals surface area contributed by atoms with Crippen molar-refractivity contribution in [3.8, 4) is 11.8 Å². The molecule has 1 aliphatic rings. The Morgan fingerprint density at radius 2 is 2.06 bits per heavy atom. The van der Waals surface area contributed by atoms with Crippen molar-refractivity contribution in [2.24, 2.45) is 5.14 Å². The molecule has 16 heavy (non-hydrogen) atoms. The second-order valence-electron chi connectivity index (χ2n) is 4.45. The molecule has 0 fully saturated rings. The number of aryl methyl sites for hydroxylation is 1. The minimum absolute atomic E-state index is 0.165. The third-order valence-electron chi connectivity index (χ3n) is 2.43. The first kappa shape index (κ1) is 12.9. The average molecular weight is 236 g/mol. The predicted molar refractivity (Wildman–Crippen MR) is 67.5 cm³/mol. The van der Waals surface area contributed by atoms with Gasteiger partial charge in [0.25, 0.3) is 0 Å². The van der Waals surface area contributed by atoms with Crippen LogP contribution in [0.1, 0.15) is 30.5 Å². The molecule has 0 bridgehead atoms. The van der Waals surface area contributed by atoms with E-state index < -0.39 is 0 Å². The van der Waals surface area contributed by atoms with Gasteiger partial charge in [-0.25, -0.2) is 0 Å². The van der Waals surface area contributed by atoms with Crippen molar-refractivity contribution >= 4 is 12.8 Å². The van der Waals surface area contributed by atoms with Crippen molar-refractivity contribution in [2.45, 2.75) is 32.8 Å². The molecular weight excluding hydrogens is 220 g/mol. The van der Waals surface area contributed by atoms with Crippen LogP contribution in [-0.4, -0.2) is 5.60 Å². The van der Waals surface area contributed by atoms with Gasteiger partial charge >= 0.3 is 0 Å². The Labute approximate surface area is 102 Å². The zero-order valence-corrected chi connectivity index (χ0v) is 10.6. The molecule has 1 aromatic carbocycles. The molecule has 1 heterocycles. The number of hydrogen-bond acceptors (Lipinski definition) is 4. The molecule has 0 amide bonds. The van der Waals surface area contributed by atoms with Crippen LogP contribution >= 0.6 is 12.8 Å². The van der Waals surface area contributed by atoms with E-state index >= 15 is 0 Å². The molecule has 1 aromatic rings. The van der Waals surface area contributed by atoms with Crippen LogP contribution in [0.2, 0.25) is 0 Å². The Morgan fingerprint density at radius 3 is 2.62 bits per heavy atom. The molecule has 0 aliphatic carbocycles. The number of nitriles is 1. The third kappa shape index (κ3) is 2.49. The van der Waals surface area contributed by atoms with E-state index in [1.165, 1.54) is 0 Å². The summed E-state index contributed by atoms with van der Waals surface area (Å²) in [4.78, 5) is 0. The lowest BCUT2D eigenvalue weighted by molar-refractivity contribution is 0.138. The highest BCUT2D eigenvalue weighted by Crippen LogP contribution is 2.37. The molecule has 3 nitrogen and oxygen atoms in total. The Kier molecular flexibility index (Phi) is 3.84. The molecule has 0 aromatic heterocycles. The van der Waals surface area contributed by atoms with E-state index in [0.29, 0.717) is 5.56 Å². The first-order chi connectivity index (χ1) is 7.52. The number of hydrogen-bond donors (Lipinski definition) is 2. The number of benzene rings is 1. The predicted octanol–water partition coefficient (Wildman–Crippen LogP) is 2.37. The summed E-state index contributed by atoms with van der Waals surface area (Å²) in [5.74, 6) is 0.781. The first-order valence-corrected chi connectivity index (χ1v) is 5.52. The van der Waals surface area contributed by atoms with Gasteiger partial charge in [0.1, 0.15) is 17.4 Å². The number of ether oxygens (including phenoxy) is 1. The maximum Gasteiger partial charge on any atom is 0.141 e. The molecule has 2 N–H and O–H groups in total. The van der Waals surface area contributed by atoms with Gasteiger partial charge in [0.05, 0.1) is 5.56 Å². The molecular formula is C12H16N2OS. The van der Waals surface area contributed by atoms with E-state index in [4.69, 9.17) is 10.00 Å². The van der Waals surface area contributed by atoms with Crippen LogP contribution in [0.5, 0.6) is 5.75 Å². The highest BCUT2D eigenvalue weighted by Gasteiger charge is 2.31. The Hall–Kier alpha value is -1.18. The summed E-state index contributed by atoms with van der Waals surface area (Å²) in [5.41, 5.74) is 2.78. The first-order valence-electron chi connectivity index (χ1n) is 5.00. The van der Waals surface area contributed by atoms with E-state index in [9.17, 15) is 0 Å². The van der Waals surface area contributed by atoms with Gasteiger partial charge in [-0.05, 0) is 38.0 Å². The van der Waals surface area contributed by atoms with Gasteiger partial charge < -0.3 is 4.74 Å². The smallest absolute Gasteiger partial charge is 0.141 e. The van der Waals surface area contributed by atoms with E-state index in [1.54, 1.807) is 0 Å². The lowest BCUT2D eigenvalue weighted by Crippen LogP contribution is -2.24. The fourth-order valence-corrected chi connectivity index (χ4v) is 1.95. The lowest BCUT2D eigenvalue weighted by atomic mass is 9.99. The lowest BCUT2D eigenvalue weighted by Gasteiger charge is -2.17. The van der Waals surface area contributed by atoms with Gasteiger partial charge in [0, 0.05) is 6.42 Å². The molecule has 4 heteroatoms. The van der Waals surface area contributed by atoms with Crippen LogP contribution in [0.15, 0.2) is 12.1 Å². The maximum atomic E-state index is 8.97. The van der Waals surface area contributed by atoms with Crippen LogP contribution in [-0.2, 0) is 6.42 Å². The van der Waals surface area contributed by atoms with E-state index in [-0.39, 0.29) is 5.60 Å². The fraction of sp³-hybridized carbons (Fsp3) is 0.417. The molecule has 2 rings (SSSR count). The van der Waals surface area contributed by atoms with Crippen LogP contribution in [0.25, 0.3) is 0 Å². The van der Waals surface area contributed by atoms with Crippen LogP contribution in [0.4, 0.5) is 0 Å². The highest BCUT2D eigenvalue weighted by atomic mass is 32.1. The fourth-order valence-electron chi connectivity index (χ4n) is 1.95. The number of thiol groups is 1. The van der Waals surface area contributed by atoms with Crippen LogP contribution in [0, 0.1) is 18.3 Å². The van der Waals surface area contributed by atoms with Crippen molar-refractivity contribution in [1.82, 2.24) is 0 Å². The average Bonchev–Trinajstić information content (AvgIpc) is 2.53. The molecule has 0 radical (unpaired) electrons. The van der Waals surface area contributed by atoms with Crippen molar-refractivity contribution in [2.75, 3.05) is 0 Å². The number of fused-ring (bicyclic) bond motifs is 1. The summed E-state index contributed by atoms with van der Waals surface area (Å²) in [6.07, 6.45) is 0.888. The Bertz CT molecular complexity index is 435. The maximum absolute atomic E-state index is 8.97. The molecule has 0 unspecified atom stereocenters. The SMILES string of the molecule is Cc1cc(C#N)c2c(c1)CC(C)(C)O2.NS. The summed E-state index contributed by atoms with van der Waals surface area (Å²) in [6, 6.07) is 6.16. The minimum Gasteiger partial charge on any atom is -0.486 e. The third-order valence-corrected chi connectivity index (χ3v) is 2.43. The second-order valence-corrected chi connectivity index (χ2v) is 4.45. The van der Waals surface area contributed by atoms with E-state index in [0.717, 1.165) is 23.3 Å². The normalized spacial score (nSPS) is 15.2. The number of nitrogens with two attached hydrogens (primary N) is 1. The van der Waals surface area contributed by atoms with Crippen molar-refractivity contribution in [3.05, 3.63) is 28.8 Å². The van der Waals surface area contributed by atoms with Gasteiger partial charge in [-0.15, -0.1) is 12.8 Å². The quantitative estimate of drug-likeness (QED) is 0.680. The Morgan fingerprint density at radius 1 is 1.44 bits per heavy atom. The second kappa shape index (κ2) is 4.77. The van der Waals surface area contributed by atoms with Crippen LogP contribution < -0.4 is 9.88 Å². The molecule has 1 aliphatic heterocycles. The van der Waals surface area contributed by atoms with Gasteiger partial charge in [-0.3, -0.25) is 5.14 Å². The van der Waals surface area contributed by atoms with Crippen molar-refractivity contribution < 1.29 is 4.74 Å². The standard InChI is InChI=1S/C12H13NO.H3NS/c1-8-4-9-6-12(2,3)14-11(9)10(5-8)7-13;1-2/h4-5H,6H2,1-3H3;2H,1H2. The number of nitrogens with zero attached hydrogens (tertiary/aromatic N) is 1. The van der Waals surface area contributed by atoms with E-state index in [2.05, 4.69) is 30.1 Å². The summed E-state index contributed by atoms with van der Waals surface area (Å²) in [6.45, 7) is 6.10. The largest absolute Gasteiger partial charge is 0.486 e. The molecule has 0 atom stereocenters. The monoisotopic (exact) mass is 236 g/mol. The zero-order valence-electron chi connectivity index (χ0n) is 9.74. The highest BCUT2D eigenvalue weighted by molar-refractivity contribution is 7.77. The topological polar surface area (TPSA) is 59.0 Å². The van der Waals surface area contributed by atoms with Gasteiger partial charge in [-0.1, -0.05) is 6.07 Å². The molecule has 0 saturated carbocycles. The summed E-state index contributed by atoms with van der Waals surface area (Å²) >= 11 is 3.03. The zero-order chi connectivity index (χ0) is 12.3. The van der Waals surface area contributed by atoms with Gasteiger partial charge in [0.15, 0.2) is 0 Å². The Balaban J connectivity index is 0.000000606. The van der Waals surface area contributed by atoms with E-state index in [1.807, 2.05) is 26.8 Å². The summed E-state index contributed by atoms with van der Waals surface area (Å²) < 4.78 is 5.75. The molecule has 0 saturated heterocycles. The minimum atomic E-state index is -0.165. The summed E-state index contributed by atoms with van der Waals surface area (Å²) in [5, 5.41) is 13.2. The number of rotatable bonds is 0. The van der Waals surface area contributed by atoms with Gasteiger partial charge in [-0.2, -0.15) is 5.26 Å². The molecule has 86 valence electrons. The van der Waals surface area contributed by atoms with Gasteiger partial charge in [0.2, 0.25) is 0 Å². The summed E-state index contributed by atoms with van der Waals surface area (Å²) in [7, 11) is 0. The van der Waals surface area contributed by atoms with Crippen molar-refractivity contribution in [1.29, 1.82) is 5.26 Å².